The Morgan fingerprint density at radius 1 is 0.806 bits per heavy atom. The van der Waals surface area contributed by atoms with Crippen LogP contribution in [0.15, 0.2) is 48.5 Å². The summed E-state index contributed by atoms with van der Waals surface area (Å²) in [6.45, 7) is 0.457. The lowest BCUT2D eigenvalue weighted by Crippen LogP contribution is -2.12. The quantitative estimate of drug-likeness (QED) is 0.167. The van der Waals surface area contributed by atoms with Gasteiger partial charge >= 0.3 is 0 Å². The molecule has 0 saturated carbocycles. The Kier molecular flexibility index (Phi) is 9.87. The van der Waals surface area contributed by atoms with Crippen molar-refractivity contribution in [2.75, 3.05) is 39.8 Å². The van der Waals surface area contributed by atoms with Gasteiger partial charge in [0, 0.05) is 23.4 Å². The zero-order chi connectivity index (χ0) is 25.9. The smallest absolute Gasteiger partial charge is 0.235 e. The summed E-state index contributed by atoms with van der Waals surface area (Å²) in [5.74, 6) is 1.17. The molecule has 11 heteroatoms. The zero-order valence-electron chi connectivity index (χ0n) is 19.8. The van der Waals surface area contributed by atoms with Crippen LogP contribution in [-0.2, 0) is 22.4 Å². The van der Waals surface area contributed by atoms with E-state index in [1.165, 1.54) is 0 Å². The minimum atomic E-state index is -0.0971. The number of amides is 2. The number of hydrogen-bond donors (Lipinski definition) is 5. The lowest BCUT2D eigenvalue weighted by Gasteiger charge is -2.10. The highest BCUT2D eigenvalue weighted by Gasteiger charge is 2.09. The van der Waals surface area contributed by atoms with Crippen LogP contribution in [0.1, 0.15) is 30.4 Å². The van der Waals surface area contributed by atoms with Gasteiger partial charge in [0.1, 0.15) is 17.4 Å². The topological polar surface area (TPSA) is 171 Å². The molecule has 0 saturated heterocycles. The number of carbonyl (C=O) groups is 2. The van der Waals surface area contributed by atoms with E-state index in [1.807, 2.05) is 24.3 Å². The first-order valence-electron chi connectivity index (χ1n) is 11.5. The van der Waals surface area contributed by atoms with Crippen LogP contribution in [-0.4, -0.2) is 33.7 Å². The van der Waals surface area contributed by atoms with Gasteiger partial charge in [0.15, 0.2) is 0 Å². The van der Waals surface area contributed by atoms with Gasteiger partial charge in [0.25, 0.3) is 0 Å². The maximum Gasteiger partial charge on any atom is 0.235 e. The summed E-state index contributed by atoms with van der Waals surface area (Å²) in [6.07, 6.45) is 3.14. The predicted octanol–water partition coefficient (Wildman–Crippen LogP) is 3.53. The van der Waals surface area contributed by atoms with Gasteiger partial charge in [-0.3, -0.25) is 9.59 Å². The van der Waals surface area contributed by atoms with E-state index in [9.17, 15) is 9.59 Å². The monoisotopic (exact) mass is 555 g/mol. The molecule has 36 heavy (non-hydrogen) atoms. The molecule has 3 aromatic rings. The van der Waals surface area contributed by atoms with Crippen LogP contribution in [0.2, 0.25) is 0 Å². The zero-order valence-corrected chi connectivity index (χ0v) is 21.4. The highest BCUT2D eigenvalue weighted by molar-refractivity contribution is 9.09. The van der Waals surface area contributed by atoms with Crippen molar-refractivity contribution in [1.82, 2.24) is 9.97 Å². The maximum absolute atomic E-state index is 12.3. The van der Waals surface area contributed by atoms with Crippen LogP contribution >= 0.6 is 15.9 Å². The molecule has 2 aromatic carbocycles. The molecule has 0 unspecified atom stereocenters. The van der Waals surface area contributed by atoms with Gasteiger partial charge in [-0.2, -0.15) is 9.97 Å². The lowest BCUT2D eigenvalue weighted by atomic mass is 10.1. The number of nitrogens with one attached hydrogen (secondary N) is 2. The summed E-state index contributed by atoms with van der Waals surface area (Å²) in [4.78, 5) is 31.5. The number of aromatic nitrogens is 2. The van der Waals surface area contributed by atoms with Crippen LogP contribution < -0.4 is 32.6 Å². The van der Waals surface area contributed by atoms with Crippen molar-refractivity contribution < 1.29 is 14.3 Å². The van der Waals surface area contributed by atoms with Crippen LogP contribution in [0.5, 0.6) is 5.75 Å². The summed E-state index contributed by atoms with van der Waals surface area (Å²) >= 11 is 3.12. The number of aryl methyl sites for hydroxylation is 1. The molecule has 0 spiro atoms. The number of benzene rings is 2. The molecular weight excluding hydrogens is 526 g/mol. The number of rotatable bonds is 12. The molecule has 190 valence electrons. The SMILES string of the molecule is Nc1nc(N)c(CCCOc2ccc(NC(=O)CCCc3ccc(NC(=O)CBr)cc3)cc2)c(N)n1. The molecule has 8 N–H and O–H groups in total. The van der Waals surface area contributed by atoms with Crippen molar-refractivity contribution in [3.05, 3.63) is 59.7 Å². The third-order valence-corrected chi connectivity index (χ3v) is 5.80. The number of anilines is 5. The molecule has 0 bridgehead atoms. The van der Waals surface area contributed by atoms with E-state index in [0.717, 1.165) is 17.7 Å². The van der Waals surface area contributed by atoms with Gasteiger partial charge in [0.2, 0.25) is 17.8 Å². The Balaban J connectivity index is 1.35. The van der Waals surface area contributed by atoms with Gasteiger partial charge in [-0.05, 0) is 67.6 Å². The largest absolute Gasteiger partial charge is 0.494 e. The Morgan fingerprint density at radius 2 is 1.39 bits per heavy atom. The average molecular weight is 556 g/mol. The summed E-state index contributed by atoms with van der Waals surface area (Å²) in [7, 11) is 0. The normalized spacial score (nSPS) is 10.6. The van der Waals surface area contributed by atoms with Crippen molar-refractivity contribution in [2.24, 2.45) is 0 Å². The number of hydrogen-bond acceptors (Lipinski definition) is 8. The number of halogens is 1. The Morgan fingerprint density at radius 3 is 2.00 bits per heavy atom. The molecular formula is C25H30BrN7O3. The van der Waals surface area contributed by atoms with Crippen molar-refractivity contribution in [1.29, 1.82) is 0 Å². The van der Waals surface area contributed by atoms with Crippen molar-refractivity contribution in [3.63, 3.8) is 0 Å². The van der Waals surface area contributed by atoms with Gasteiger partial charge < -0.3 is 32.6 Å². The molecule has 0 fully saturated rings. The van der Waals surface area contributed by atoms with Crippen LogP contribution in [0.4, 0.5) is 29.0 Å². The lowest BCUT2D eigenvalue weighted by molar-refractivity contribution is -0.116. The second-order valence-electron chi connectivity index (χ2n) is 8.09. The molecule has 1 heterocycles. The number of nitrogen functional groups attached to an aromatic ring is 3. The van der Waals surface area contributed by atoms with Crippen LogP contribution in [0.25, 0.3) is 0 Å². The number of ether oxygens (including phenoxy) is 1. The van der Waals surface area contributed by atoms with Crippen molar-refractivity contribution in [3.8, 4) is 5.75 Å². The first-order valence-corrected chi connectivity index (χ1v) is 12.6. The molecule has 0 radical (unpaired) electrons. The molecule has 3 rings (SSSR count). The van der Waals surface area contributed by atoms with Gasteiger partial charge in [-0.25, -0.2) is 0 Å². The number of nitrogens with zero attached hydrogens (tertiary/aromatic N) is 2. The second-order valence-corrected chi connectivity index (χ2v) is 8.65. The standard InChI is InChI=1S/C25H30BrN7O3/c26-15-22(35)31-17-8-6-16(7-9-17)3-1-5-21(34)30-18-10-12-19(13-11-18)36-14-2-4-20-23(27)32-25(29)33-24(20)28/h6-13H,1-5,14-15H2,(H,30,34)(H,31,35)(H6,27,28,29,32,33). The minimum Gasteiger partial charge on any atom is -0.494 e. The molecule has 10 nitrogen and oxygen atoms in total. The molecule has 0 aliphatic carbocycles. The van der Waals surface area contributed by atoms with E-state index < -0.39 is 0 Å². The number of nitrogens with two attached hydrogens (primary N) is 3. The molecule has 1 aromatic heterocycles. The minimum absolute atomic E-state index is 0.0502. The first-order chi connectivity index (χ1) is 17.3. The number of alkyl halides is 1. The van der Waals surface area contributed by atoms with Crippen LogP contribution in [0.3, 0.4) is 0 Å². The third-order valence-electron chi connectivity index (χ3n) is 5.29. The Bertz CT molecular complexity index is 1150. The Labute approximate surface area is 218 Å². The van der Waals surface area contributed by atoms with E-state index in [0.29, 0.717) is 49.3 Å². The highest BCUT2D eigenvalue weighted by Crippen LogP contribution is 2.20. The average Bonchev–Trinajstić information content (AvgIpc) is 2.85. The third kappa shape index (κ3) is 8.42. The van der Waals surface area contributed by atoms with Crippen molar-refractivity contribution in [2.45, 2.75) is 32.1 Å². The fraction of sp³-hybridized carbons (Fsp3) is 0.280. The van der Waals surface area contributed by atoms with Gasteiger partial charge in [-0.15, -0.1) is 0 Å². The molecule has 0 aliphatic heterocycles. The Hall–Kier alpha value is -3.86. The van der Waals surface area contributed by atoms with E-state index in [-0.39, 0.29) is 34.7 Å². The van der Waals surface area contributed by atoms with E-state index >= 15 is 0 Å². The van der Waals surface area contributed by atoms with E-state index in [1.54, 1.807) is 24.3 Å². The highest BCUT2D eigenvalue weighted by atomic mass is 79.9. The predicted molar refractivity (Wildman–Crippen MR) is 146 cm³/mol. The summed E-state index contributed by atoms with van der Waals surface area (Å²) in [5, 5.41) is 5.93. The van der Waals surface area contributed by atoms with Gasteiger partial charge in [-0.1, -0.05) is 28.1 Å². The summed E-state index contributed by atoms with van der Waals surface area (Å²) in [6, 6.07) is 14.8. The fourth-order valence-electron chi connectivity index (χ4n) is 3.49. The van der Waals surface area contributed by atoms with Crippen molar-refractivity contribution >= 4 is 56.7 Å². The molecule has 0 aliphatic rings. The van der Waals surface area contributed by atoms with E-state index in [4.69, 9.17) is 21.9 Å². The molecule has 2 amide bonds. The summed E-state index contributed by atoms with van der Waals surface area (Å²) < 4.78 is 5.76. The maximum atomic E-state index is 12.3. The van der Waals surface area contributed by atoms with E-state index in [2.05, 4.69) is 36.5 Å². The fourth-order valence-corrected chi connectivity index (χ4v) is 3.63. The molecule has 0 atom stereocenters. The number of carbonyl (C=O) groups excluding carboxylic acids is 2. The summed E-state index contributed by atoms with van der Waals surface area (Å²) in [5.41, 5.74) is 20.5. The second kappa shape index (κ2) is 13.3. The first kappa shape index (κ1) is 26.7. The van der Waals surface area contributed by atoms with Crippen LogP contribution in [0, 0.1) is 0 Å². The van der Waals surface area contributed by atoms with Gasteiger partial charge in [0.05, 0.1) is 11.9 Å².